The number of alkyl halides is 3. The summed E-state index contributed by atoms with van der Waals surface area (Å²) in [6.07, 6.45) is -5.19. The van der Waals surface area contributed by atoms with E-state index in [2.05, 4.69) is 10.6 Å². The molecule has 0 unspecified atom stereocenters. The first-order chi connectivity index (χ1) is 13.4. The maximum Gasteiger partial charge on any atom is 0.416 e. The number of nitrogens with one attached hydrogen (secondary N) is 2. The molecular weight excluding hydrogens is 389 g/mol. The molecule has 0 fully saturated rings. The van der Waals surface area contributed by atoms with Gasteiger partial charge in [0, 0.05) is 11.3 Å². The largest absolute Gasteiger partial charge is 0.495 e. The summed E-state index contributed by atoms with van der Waals surface area (Å²) in [6.45, 7) is 5.14. The molecule has 2 aromatic carbocycles. The summed E-state index contributed by atoms with van der Waals surface area (Å²) in [5.41, 5.74) is -0.933. The molecule has 0 atom stereocenters. The van der Waals surface area contributed by atoms with Gasteiger partial charge in [-0.15, -0.1) is 0 Å². The van der Waals surface area contributed by atoms with E-state index in [-0.39, 0.29) is 11.3 Å². The summed E-state index contributed by atoms with van der Waals surface area (Å²) in [4.78, 5) is 24.3. The normalized spacial score (nSPS) is 11.6. The highest BCUT2D eigenvalue weighted by molar-refractivity contribution is 6.04. The quantitative estimate of drug-likeness (QED) is 0.716. The van der Waals surface area contributed by atoms with Crippen LogP contribution in [-0.4, -0.2) is 24.7 Å². The second-order valence-corrected chi connectivity index (χ2v) is 7.07. The third-order valence-electron chi connectivity index (χ3n) is 3.57. The topological polar surface area (TPSA) is 76.7 Å². The molecular formula is C20H21F3N2O4. The highest BCUT2D eigenvalue weighted by Gasteiger charge is 2.30. The highest BCUT2D eigenvalue weighted by atomic mass is 19.4. The fraction of sp³-hybridized carbons (Fsp3) is 0.300. The van der Waals surface area contributed by atoms with Crippen molar-refractivity contribution in [3.8, 4) is 5.75 Å². The van der Waals surface area contributed by atoms with Crippen LogP contribution in [0.4, 0.5) is 29.3 Å². The predicted octanol–water partition coefficient (Wildman–Crippen LogP) is 5.31. The molecule has 0 spiro atoms. The van der Waals surface area contributed by atoms with Crippen molar-refractivity contribution in [2.24, 2.45) is 0 Å². The van der Waals surface area contributed by atoms with Gasteiger partial charge in [0.25, 0.3) is 5.91 Å². The van der Waals surface area contributed by atoms with E-state index in [1.165, 1.54) is 25.3 Å². The maximum atomic E-state index is 12.6. The second kappa shape index (κ2) is 8.42. The van der Waals surface area contributed by atoms with Crippen LogP contribution in [0.1, 0.15) is 36.7 Å². The molecule has 9 heteroatoms. The summed E-state index contributed by atoms with van der Waals surface area (Å²) in [6, 6.07) is 8.33. The van der Waals surface area contributed by atoms with Crippen LogP contribution in [-0.2, 0) is 10.9 Å². The highest BCUT2D eigenvalue weighted by Crippen LogP contribution is 2.30. The third kappa shape index (κ3) is 6.41. The number of hydrogen-bond acceptors (Lipinski definition) is 4. The van der Waals surface area contributed by atoms with Crippen molar-refractivity contribution >= 4 is 23.4 Å². The van der Waals surface area contributed by atoms with Crippen molar-refractivity contribution in [2.45, 2.75) is 32.5 Å². The minimum Gasteiger partial charge on any atom is -0.495 e. The number of carbonyl (C=O) groups excluding carboxylic acids is 2. The number of carbonyl (C=O) groups is 2. The molecule has 2 amide bonds. The lowest BCUT2D eigenvalue weighted by atomic mass is 10.1. The molecule has 0 aliphatic heterocycles. The van der Waals surface area contributed by atoms with Crippen LogP contribution in [0.15, 0.2) is 42.5 Å². The molecule has 2 aromatic rings. The molecule has 0 saturated carbocycles. The van der Waals surface area contributed by atoms with E-state index >= 15 is 0 Å². The summed E-state index contributed by atoms with van der Waals surface area (Å²) in [5, 5.41) is 5.09. The van der Waals surface area contributed by atoms with Crippen molar-refractivity contribution in [1.82, 2.24) is 0 Å². The van der Waals surface area contributed by atoms with E-state index in [0.717, 1.165) is 24.3 Å². The van der Waals surface area contributed by atoms with Gasteiger partial charge in [-0.1, -0.05) is 0 Å². The first kappa shape index (κ1) is 22.1. The fourth-order valence-electron chi connectivity index (χ4n) is 2.31. The Balaban J connectivity index is 2.16. The van der Waals surface area contributed by atoms with Gasteiger partial charge < -0.3 is 14.8 Å². The lowest BCUT2D eigenvalue weighted by molar-refractivity contribution is -0.137. The van der Waals surface area contributed by atoms with Gasteiger partial charge in [-0.2, -0.15) is 13.2 Å². The average molecular weight is 410 g/mol. The molecule has 0 saturated heterocycles. The monoisotopic (exact) mass is 410 g/mol. The van der Waals surface area contributed by atoms with Crippen molar-refractivity contribution in [3.63, 3.8) is 0 Å². The number of methoxy groups -OCH3 is 1. The average Bonchev–Trinajstić information content (AvgIpc) is 2.59. The number of benzene rings is 2. The number of amides is 2. The Bertz CT molecular complexity index is 888. The lowest BCUT2D eigenvalue weighted by Gasteiger charge is -2.20. The Hall–Kier alpha value is -3.23. The van der Waals surface area contributed by atoms with E-state index in [1.807, 2.05) is 0 Å². The third-order valence-corrected chi connectivity index (χ3v) is 3.57. The van der Waals surface area contributed by atoms with Gasteiger partial charge >= 0.3 is 12.3 Å². The molecule has 0 aliphatic carbocycles. The molecule has 2 N–H and O–H groups in total. The lowest BCUT2D eigenvalue weighted by Crippen LogP contribution is -2.27. The van der Waals surface area contributed by atoms with Crippen molar-refractivity contribution in [3.05, 3.63) is 53.6 Å². The Morgan fingerprint density at radius 3 is 2.07 bits per heavy atom. The van der Waals surface area contributed by atoms with E-state index in [0.29, 0.717) is 11.4 Å². The summed E-state index contributed by atoms with van der Waals surface area (Å²) in [5.74, 6) is -0.268. The summed E-state index contributed by atoms with van der Waals surface area (Å²) >= 11 is 0. The van der Waals surface area contributed by atoms with Gasteiger partial charge in [-0.05, 0) is 63.2 Å². The first-order valence-electron chi connectivity index (χ1n) is 8.56. The summed E-state index contributed by atoms with van der Waals surface area (Å²) < 4.78 is 48.3. The van der Waals surface area contributed by atoms with E-state index < -0.39 is 29.3 Å². The first-order valence-corrected chi connectivity index (χ1v) is 8.56. The zero-order chi connectivity index (χ0) is 21.8. The Labute approximate surface area is 166 Å². The smallest absolute Gasteiger partial charge is 0.416 e. The fourth-order valence-corrected chi connectivity index (χ4v) is 2.31. The van der Waals surface area contributed by atoms with Gasteiger partial charge in [0.05, 0.1) is 18.4 Å². The van der Waals surface area contributed by atoms with Gasteiger partial charge in [0.2, 0.25) is 0 Å². The number of ether oxygens (including phenoxy) is 2. The van der Waals surface area contributed by atoms with Crippen LogP contribution < -0.4 is 15.4 Å². The number of rotatable bonds is 4. The number of anilines is 2. The van der Waals surface area contributed by atoms with Gasteiger partial charge in [0.1, 0.15) is 11.4 Å². The van der Waals surface area contributed by atoms with Crippen molar-refractivity contribution in [1.29, 1.82) is 0 Å². The molecule has 2 rings (SSSR count). The van der Waals surface area contributed by atoms with Crippen LogP contribution >= 0.6 is 0 Å². The maximum absolute atomic E-state index is 12.6. The van der Waals surface area contributed by atoms with E-state index in [9.17, 15) is 22.8 Å². The standard InChI is InChI=1S/C20H21F3N2O4/c1-19(2,3)29-18(27)25-15-11-14(9-10-16(15)28-4)24-17(26)12-5-7-13(8-6-12)20(21,22)23/h5-11H,1-4H3,(H,24,26)(H,25,27). The zero-order valence-electron chi connectivity index (χ0n) is 16.3. The number of halogens is 3. The van der Waals surface area contributed by atoms with E-state index in [1.54, 1.807) is 20.8 Å². The second-order valence-electron chi connectivity index (χ2n) is 7.07. The van der Waals surface area contributed by atoms with Crippen LogP contribution in [0.2, 0.25) is 0 Å². The van der Waals surface area contributed by atoms with Gasteiger partial charge in [-0.25, -0.2) is 4.79 Å². The predicted molar refractivity (Wildman–Crippen MR) is 102 cm³/mol. The van der Waals surface area contributed by atoms with E-state index in [4.69, 9.17) is 9.47 Å². The van der Waals surface area contributed by atoms with Crippen LogP contribution in [0.25, 0.3) is 0 Å². The summed E-state index contributed by atoms with van der Waals surface area (Å²) in [7, 11) is 1.41. The molecule has 156 valence electrons. The minimum absolute atomic E-state index is 0.0514. The Morgan fingerprint density at radius 1 is 0.931 bits per heavy atom. The molecule has 0 aliphatic rings. The molecule has 0 aromatic heterocycles. The molecule has 0 bridgehead atoms. The molecule has 0 heterocycles. The molecule has 29 heavy (non-hydrogen) atoms. The molecule has 0 radical (unpaired) electrons. The van der Waals surface area contributed by atoms with Crippen molar-refractivity contribution in [2.75, 3.05) is 17.7 Å². The van der Waals surface area contributed by atoms with Crippen LogP contribution in [0.3, 0.4) is 0 Å². The van der Waals surface area contributed by atoms with Crippen molar-refractivity contribution < 1.29 is 32.2 Å². The van der Waals surface area contributed by atoms with Gasteiger partial charge in [0.15, 0.2) is 0 Å². The molecule has 6 nitrogen and oxygen atoms in total. The number of hydrogen-bond donors (Lipinski definition) is 2. The van der Waals surface area contributed by atoms with Crippen LogP contribution in [0, 0.1) is 0 Å². The zero-order valence-corrected chi connectivity index (χ0v) is 16.3. The minimum atomic E-state index is -4.48. The Morgan fingerprint density at radius 2 is 1.55 bits per heavy atom. The SMILES string of the molecule is COc1ccc(NC(=O)c2ccc(C(F)(F)F)cc2)cc1NC(=O)OC(C)(C)C. The Kier molecular flexibility index (Phi) is 6.41. The van der Waals surface area contributed by atoms with Crippen LogP contribution in [0.5, 0.6) is 5.75 Å². The van der Waals surface area contributed by atoms with Gasteiger partial charge in [-0.3, -0.25) is 10.1 Å².